The quantitative estimate of drug-likeness (QED) is 0.733. The molecule has 6 heteroatoms. The molecule has 2 aromatic rings. The number of rotatable bonds is 7. The van der Waals surface area contributed by atoms with Crippen molar-refractivity contribution in [1.29, 1.82) is 0 Å². The van der Waals surface area contributed by atoms with Crippen LogP contribution < -0.4 is 4.90 Å². The van der Waals surface area contributed by atoms with Crippen LogP contribution in [0.15, 0.2) is 29.1 Å². The van der Waals surface area contributed by atoms with Crippen molar-refractivity contribution >= 4 is 18.2 Å². The molecule has 20 heavy (non-hydrogen) atoms. The third-order valence-electron chi connectivity index (χ3n) is 2.93. The van der Waals surface area contributed by atoms with Crippen molar-refractivity contribution in [3.8, 4) is 0 Å². The number of aromatic nitrogens is 3. The van der Waals surface area contributed by atoms with Gasteiger partial charge in [-0.3, -0.25) is 4.57 Å². The van der Waals surface area contributed by atoms with Crippen molar-refractivity contribution in [3.63, 3.8) is 0 Å². The van der Waals surface area contributed by atoms with Gasteiger partial charge in [0.25, 0.3) is 0 Å². The molecule has 0 amide bonds. The Morgan fingerprint density at radius 2 is 2.05 bits per heavy atom. The maximum atomic E-state index is 5.34. The summed E-state index contributed by atoms with van der Waals surface area (Å²) in [5, 5.41) is 0. The summed E-state index contributed by atoms with van der Waals surface area (Å²) in [6, 6.07) is 3.77. The Balaban J connectivity index is 2.17. The highest BCUT2D eigenvalue weighted by Crippen LogP contribution is 2.09. The average molecular weight is 292 g/mol. The highest BCUT2D eigenvalue weighted by atomic mass is 32.1. The van der Waals surface area contributed by atoms with Gasteiger partial charge in [0, 0.05) is 13.1 Å². The van der Waals surface area contributed by atoms with Crippen LogP contribution in [0.1, 0.15) is 32.4 Å². The van der Waals surface area contributed by atoms with Crippen LogP contribution in [0.2, 0.25) is 0 Å². The van der Waals surface area contributed by atoms with E-state index < -0.39 is 0 Å². The summed E-state index contributed by atoms with van der Waals surface area (Å²) in [5.41, 5.74) is 0. The number of hydrogen-bond donors (Lipinski definition) is 0. The Morgan fingerprint density at radius 3 is 2.60 bits per heavy atom. The van der Waals surface area contributed by atoms with Gasteiger partial charge in [0.1, 0.15) is 12.1 Å². The lowest BCUT2D eigenvalue weighted by atomic mass is 10.4. The summed E-state index contributed by atoms with van der Waals surface area (Å²) < 4.78 is 7.66. The third-order valence-corrected chi connectivity index (χ3v) is 3.26. The van der Waals surface area contributed by atoms with E-state index in [4.69, 9.17) is 16.6 Å². The van der Waals surface area contributed by atoms with Gasteiger partial charge in [-0.25, -0.2) is 4.98 Å². The lowest BCUT2D eigenvalue weighted by Gasteiger charge is -2.21. The first kappa shape index (κ1) is 14.7. The highest BCUT2D eigenvalue weighted by Gasteiger charge is 2.09. The minimum Gasteiger partial charge on any atom is -0.467 e. The molecule has 2 rings (SSSR count). The minimum absolute atomic E-state index is 0.531. The topological polar surface area (TPSA) is 47.1 Å². The summed E-state index contributed by atoms with van der Waals surface area (Å²) in [7, 11) is 0. The SMILES string of the molecule is CCCN(CCC)c1ncn(Cc2ccco2)c(=S)n1. The molecular formula is C14H20N4OS. The van der Waals surface area contributed by atoms with E-state index in [2.05, 4.69) is 28.7 Å². The maximum absolute atomic E-state index is 5.34. The molecular weight excluding hydrogens is 272 g/mol. The first-order valence-electron chi connectivity index (χ1n) is 6.95. The van der Waals surface area contributed by atoms with Crippen LogP contribution in [0.25, 0.3) is 0 Å². The van der Waals surface area contributed by atoms with Gasteiger partial charge < -0.3 is 9.32 Å². The first-order valence-corrected chi connectivity index (χ1v) is 7.36. The van der Waals surface area contributed by atoms with E-state index >= 15 is 0 Å². The number of hydrogen-bond acceptors (Lipinski definition) is 5. The van der Waals surface area contributed by atoms with Crippen molar-refractivity contribution in [3.05, 3.63) is 35.3 Å². The van der Waals surface area contributed by atoms with Crippen LogP contribution in [0.4, 0.5) is 5.95 Å². The second-order valence-electron chi connectivity index (χ2n) is 4.63. The first-order chi connectivity index (χ1) is 9.74. The Kier molecular flexibility index (Phi) is 5.29. The van der Waals surface area contributed by atoms with Gasteiger partial charge in [-0.1, -0.05) is 13.8 Å². The molecule has 0 spiro atoms. The lowest BCUT2D eigenvalue weighted by Crippen LogP contribution is -2.27. The van der Waals surface area contributed by atoms with Crippen LogP contribution >= 0.6 is 12.2 Å². The number of furan rings is 1. The molecule has 0 aliphatic carbocycles. The number of nitrogens with zero attached hydrogens (tertiary/aromatic N) is 4. The second-order valence-corrected chi connectivity index (χ2v) is 5.00. The summed E-state index contributed by atoms with van der Waals surface area (Å²) in [5.74, 6) is 1.56. The fraction of sp³-hybridized carbons (Fsp3) is 0.500. The van der Waals surface area contributed by atoms with Gasteiger partial charge in [0.15, 0.2) is 0 Å². The molecule has 0 aromatic carbocycles. The molecule has 5 nitrogen and oxygen atoms in total. The van der Waals surface area contributed by atoms with Crippen LogP contribution in [-0.4, -0.2) is 27.6 Å². The zero-order valence-corrected chi connectivity index (χ0v) is 12.8. The van der Waals surface area contributed by atoms with Crippen LogP contribution in [0, 0.1) is 4.77 Å². The Hall–Kier alpha value is -1.69. The van der Waals surface area contributed by atoms with Gasteiger partial charge in [-0.15, -0.1) is 0 Å². The second kappa shape index (κ2) is 7.19. The zero-order chi connectivity index (χ0) is 14.4. The smallest absolute Gasteiger partial charge is 0.229 e. The highest BCUT2D eigenvalue weighted by molar-refractivity contribution is 7.71. The van der Waals surface area contributed by atoms with E-state index in [0.717, 1.165) is 37.6 Å². The van der Waals surface area contributed by atoms with E-state index in [1.54, 1.807) is 12.6 Å². The predicted octanol–water partition coefficient (Wildman–Crippen LogP) is 3.28. The third kappa shape index (κ3) is 3.66. The van der Waals surface area contributed by atoms with Crippen molar-refractivity contribution < 1.29 is 4.42 Å². The zero-order valence-electron chi connectivity index (χ0n) is 12.0. The Labute approximate surface area is 124 Å². The molecule has 0 unspecified atom stereocenters. The largest absolute Gasteiger partial charge is 0.467 e. The van der Waals surface area contributed by atoms with E-state index in [0.29, 0.717) is 11.3 Å². The molecule has 108 valence electrons. The fourth-order valence-electron chi connectivity index (χ4n) is 2.03. The van der Waals surface area contributed by atoms with Crippen molar-refractivity contribution in [1.82, 2.24) is 14.5 Å². The fourth-order valence-corrected chi connectivity index (χ4v) is 2.23. The van der Waals surface area contributed by atoms with Gasteiger partial charge in [0.05, 0.1) is 12.8 Å². The molecule has 0 saturated heterocycles. The molecule has 0 saturated carbocycles. The molecule has 0 fully saturated rings. The average Bonchev–Trinajstić information content (AvgIpc) is 2.94. The van der Waals surface area contributed by atoms with Gasteiger partial charge in [-0.2, -0.15) is 4.98 Å². The van der Waals surface area contributed by atoms with E-state index in [9.17, 15) is 0 Å². The molecule has 0 atom stereocenters. The van der Waals surface area contributed by atoms with Crippen molar-refractivity contribution in [2.75, 3.05) is 18.0 Å². The molecule has 0 radical (unpaired) electrons. The Bertz CT molecular complexity index is 573. The molecule has 0 aliphatic heterocycles. The molecule has 2 aromatic heterocycles. The van der Waals surface area contributed by atoms with E-state index in [-0.39, 0.29) is 0 Å². The molecule has 0 aliphatic rings. The van der Waals surface area contributed by atoms with Gasteiger partial charge in [-0.05, 0) is 37.2 Å². The summed E-state index contributed by atoms with van der Waals surface area (Å²) >= 11 is 5.34. The summed E-state index contributed by atoms with van der Waals surface area (Å²) in [6.45, 7) is 6.76. The lowest BCUT2D eigenvalue weighted by molar-refractivity contribution is 0.487. The number of anilines is 1. The molecule has 0 N–H and O–H groups in total. The Morgan fingerprint density at radius 1 is 1.30 bits per heavy atom. The van der Waals surface area contributed by atoms with Crippen LogP contribution in [0.5, 0.6) is 0 Å². The van der Waals surface area contributed by atoms with Gasteiger partial charge in [0.2, 0.25) is 10.7 Å². The predicted molar refractivity (Wildman–Crippen MR) is 81.5 cm³/mol. The maximum Gasteiger partial charge on any atom is 0.229 e. The van der Waals surface area contributed by atoms with E-state index in [1.807, 2.05) is 16.7 Å². The van der Waals surface area contributed by atoms with Gasteiger partial charge >= 0.3 is 0 Å². The van der Waals surface area contributed by atoms with Crippen molar-refractivity contribution in [2.45, 2.75) is 33.2 Å². The monoisotopic (exact) mass is 292 g/mol. The minimum atomic E-state index is 0.531. The molecule has 0 bridgehead atoms. The van der Waals surface area contributed by atoms with Crippen molar-refractivity contribution in [2.24, 2.45) is 0 Å². The standard InChI is InChI=1S/C14H20N4OS/c1-3-7-17(8-4-2)13-15-11-18(14(20)16-13)10-12-6-5-9-19-12/h5-6,9,11H,3-4,7-8,10H2,1-2H3. The molecule has 2 heterocycles. The van der Waals surface area contributed by atoms with Crippen LogP contribution in [0.3, 0.4) is 0 Å². The summed E-state index contributed by atoms with van der Waals surface area (Å²) in [6.07, 6.45) is 5.53. The van der Waals surface area contributed by atoms with Crippen LogP contribution in [-0.2, 0) is 6.54 Å². The summed E-state index contributed by atoms with van der Waals surface area (Å²) in [4.78, 5) is 11.0. The normalized spacial score (nSPS) is 10.7. The van der Waals surface area contributed by atoms with E-state index in [1.165, 1.54) is 0 Å².